The molecule has 1 N–H and O–H groups in total. The van der Waals surface area contributed by atoms with Gasteiger partial charge in [-0.1, -0.05) is 18.5 Å². The molecule has 0 spiro atoms. The molecule has 3 rings (SSSR count). The van der Waals surface area contributed by atoms with E-state index in [2.05, 4.69) is 22.1 Å². The molecule has 6 nitrogen and oxygen atoms in total. The van der Waals surface area contributed by atoms with Crippen LogP contribution < -0.4 is 10.1 Å². The minimum atomic E-state index is 0.0150. The lowest BCUT2D eigenvalue weighted by Gasteiger charge is -2.34. The number of nitrogens with one attached hydrogen (secondary N) is 1. The van der Waals surface area contributed by atoms with Gasteiger partial charge in [0.15, 0.2) is 0 Å². The number of methoxy groups -OCH3 is 1. The van der Waals surface area contributed by atoms with Crippen LogP contribution in [0.15, 0.2) is 30.6 Å². The van der Waals surface area contributed by atoms with E-state index in [9.17, 15) is 4.79 Å². The van der Waals surface area contributed by atoms with E-state index in [0.29, 0.717) is 16.3 Å². The predicted molar refractivity (Wildman–Crippen MR) is 108 cm³/mol. The van der Waals surface area contributed by atoms with Crippen molar-refractivity contribution in [2.45, 2.75) is 13.8 Å². The number of hydrogen-bond donors (Lipinski definition) is 1. The molecule has 1 aliphatic heterocycles. The van der Waals surface area contributed by atoms with E-state index in [1.165, 1.54) is 0 Å². The lowest BCUT2D eigenvalue weighted by Crippen LogP contribution is -2.48. The molecule has 1 fully saturated rings. The van der Waals surface area contributed by atoms with E-state index in [-0.39, 0.29) is 5.91 Å². The van der Waals surface area contributed by atoms with Gasteiger partial charge in [-0.25, -0.2) is 0 Å². The molecule has 144 valence electrons. The van der Waals surface area contributed by atoms with Gasteiger partial charge in [0, 0.05) is 43.5 Å². The highest BCUT2D eigenvalue weighted by Crippen LogP contribution is 2.33. The summed E-state index contributed by atoms with van der Waals surface area (Å²) in [5.74, 6) is 0.652. The van der Waals surface area contributed by atoms with Crippen LogP contribution in [-0.4, -0.2) is 60.5 Å². The first-order valence-electron chi connectivity index (χ1n) is 9.09. The first kappa shape index (κ1) is 19.5. The van der Waals surface area contributed by atoms with E-state index in [1.54, 1.807) is 25.6 Å². The van der Waals surface area contributed by atoms with Crippen LogP contribution in [0.25, 0.3) is 0 Å². The Morgan fingerprint density at radius 3 is 2.63 bits per heavy atom. The fourth-order valence-corrected chi connectivity index (χ4v) is 3.31. The third kappa shape index (κ3) is 4.51. The van der Waals surface area contributed by atoms with E-state index < -0.39 is 0 Å². The van der Waals surface area contributed by atoms with E-state index >= 15 is 0 Å². The van der Waals surface area contributed by atoms with Gasteiger partial charge in [-0.2, -0.15) is 0 Å². The number of nitrogens with zero attached hydrogens (tertiary/aromatic N) is 3. The number of anilines is 2. The number of amides is 1. The second kappa shape index (κ2) is 8.59. The molecule has 0 saturated carbocycles. The van der Waals surface area contributed by atoms with Crippen molar-refractivity contribution in [3.8, 4) is 5.75 Å². The molecule has 0 bridgehead atoms. The highest BCUT2D eigenvalue weighted by atomic mass is 35.5. The molecule has 0 atom stereocenters. The minimum absolute atomic E-state index is 0.0150. The fourth-order valence-electron chi connectivity index (χ4n) is 3.16. The Morgan fingerprint density at radius 1 is 1.22 bits per heavy atom. The molecule has 0 radical (unpaired) electrons. The number of rotatable bonds is 5. The normalized spacial score (nSPS) is 14.9. The van der Waals surface area contributed by atoms with Gasteiger partial charge in [0.2, 0.25) is 0 Å². The molecule has 27 heavy (non-hydrogen) atoms. The maximum Gasteiger partial charge on any atom is 0.255 e. The van der Waals surface area contributed by atoms with Crippen LogP contribution in [0.4, 0.5) is 11.4 Å². The van der Waals surface area contributed by atoms with Crippen molar-refractivity contribution >= 4 is 28.9 Å². The first-order chi connectivity index (χ1) is 13.0. The van der Waals surface area contributed by atoms with Crippen molar-refractivity contribution in [1.82, 2.24) is 14.8 Å². The van der Waals surface area contributed by atoms with Gasteiger partial charge in [-0.3, -0.25) is 9.78 Å². The molecule has 1 aromatic carbocycles. The molecule has 0 aliphatic carbocycles. The molecular formula is C20H25ClN4O2. The smallest absolute Gasteiger partial charge is 0.255 e. The predicted octanol–water partition coefficient (Wildman–Crippen LogP) is 3.57. The van der Waals surface area contributed by atoms with Crippen LogP contribution in [0, 0.1) is 6.92 Å². The number of aromatic nitrogens is 1. The first-order valence-corrected chi connectivity index (χ1v) is 9.47. The topological polar surface area (TPSA) is 57.7 Å². The monoisotopic (exact) mass is 388 g/mol. The van der Waals surface area contributed by atoms with Crippen LogP contribution in [0.2, 0.25) is 5.02 Å². The number of carbonyl (C=O) groups excluding carboxylic acids is 1. The second-order valence-electron chi connectivity index (χ2n) is 6.62. The van der Waals surface area contributed by atoms with Crippen LogP contribution in [0.3, 0.4) is 0 Å². The van der Waals surface area contributed by atoms with Crippen molar-refractivity contribution < 1.29 is 9.53 Å². The van der Waals surface area contributed by atoms with E-state index in [0.717, 1.165) is 49.7 Å². The zero-order chi connectivity index (χ0) is 19.4. The third-order valence-electron chi connectivity index (χ3n) is 4.85. The number of piperazine rings is 1. The quantitative estimate of drug-likeness (QED) is 0.848. The van der Waals surface area contributed by atoms with Gasteiger partial charge in [0.1, 0.15) is 5.75 Å². The molecule has 0 unspecified atom stereocenters. The average Bonchev–Trinajstić information content (AvgIpc) is 2.70. The summed E-state index contributed by atoms with van der Waals surface area (Å²) in [6.45, 7) is 8.41. The molecule has 1 aromatic heterocycles. The average molecular weight is 389 g/mol. The number of ether oxygens (including phenoxy) is 1. The van der Waals surface area contributed by atoms with Gasteiger partial charge < -0.3 is 19.9 Å². The summed E-state index contributed by atoms with van der Waals surface area (Å²) in [5, 5.41) is 3.92. The van der Waals surface area contributed by atoms with Gasteiger partial charge in [0.05, 0.1) is 30.2 Å². The third-order valence-corrected chi connectivity index (χ3v) is 5.26. The Balaban J connectivity index is 1.76. The van der Waals surface area contributed by atoms with Crippen molar-refractivity contribution in [3.05, 3.63) is 46.7 Å². The Labute approximate surface area is 165 Å². The van der Waals surface area contributed by atoms with Gasteiger partial charge in [-0.05, 0) is 31.2 Å². The SMILES string of the molecule is CCN1CCN(C(=O)c2cncc(Nc3cc(C)c(Cl)cc3OC)c2)CC1. The highest BCUT2D eigenvalue weighted by molar-refractivity contribution is 6.31. The summed E-state index contributed by atoms with van der Waals surface area (Å²) >= 11 is 6.17. The largest absolute Gasteiger partial charge is 0.495 e. The van der Waals surface area contributed by atoms with Crippen LogP contribution in [0.5, 0.6) is 5.75 Å². The Hall–Kier alpha value is -2.31. The number of aryl methyl sites for hydroxylation is 1. The number of pyridine rings is 1. The fraction of sp³-hybridized carbons (Fsp3) is 0.400. The van der Waals surface area contributed by atoms with Gasteiger partial charge in [0.25, 0.3) is 5.91 Å². The minimum Gasteiger partial charge on any atom is -0.495 e. The molecule has 7 heteroatoms. The Bertz CT molecular complexity index is 820. The summed E-state index contributed by atoms with van der Waals surface area (Å²) in [6.07, 6.45) is 3.30. The summed E-state index contributed by atoms with van der Waals surface area (Å²) in [5.41, 5.74) is 3.03. The maximum absolute atomic E-state index is 12.8. The molecule has 1 aliphatic rings. The van der Waals surface area contributed by atoms with Gasteiger partial charge in [-0.15, -0.1) is 0 Å². The van der Waals surface area contributed by atoms with Crippen molar-refractivity contribution in [2.75, 3.05) is 45.2 Å². The zero-order valence-corrected chi connectivity index (χ0v) is 16.7. The summed E-state index contributed by atoms with van der Waals surface area (Å²) < 4.78 is 5.40. The Kier molecular flexibility index (Phi) is 6.19. The summed E-state index contributed by atoms with van der Waals surface area (Å²) in [7, 11) is 1.60. The molecule has 2 aromatic rings. The maximum atomic E-state index is 12.8. The lowest BCUT2D eigenvalue weighted by molar-refractivity contribution is 0.0643. The van der Waals surface area contributed by atoms with Gasteiger partial charge >= 0.3 is 0 Å². The number of benzene rings is 1. The zero-order valence-electron chi connectivity index (χ0n) is 16.0. The standard InChI is InChI=1S/C20H25ClN4O2/c1-4-24-5-7-25(8-6-24)20(26)15-10-16(13-22-12-15)23-18-9-14(2)17(21)11-19(18)27-3/h9-13,23H,4-8H2,1-3H3. The molecule has 2 heterocycles. The van der Waals surface area contributed by atoms with Crippen LogP contribution in [0.1, 0.15) is 22.8 Å². The number of carbonyl (C=O) groups is 1. The summed E-state index contributed by atoms with van der Waals surface area (Å²) in [4.78, 5) is 21.3. The van der Waals surface area contributed by atoms with Crippen molar-refractivity contribution in [3.63, 3.8) is 0 Å². The van der Waals surface area contributed by atoms with E-state index in [4.69, 9.17) is 16.3 Å². The molecule has 1 saturated heterocycles. The number of likely N-dealkylation sites (N-methyl/N-ethyl adjacent to an activating group) is 1. The number of hydrogen-bond acceptors (Lipinski definition) is 5. The summed E-state index contributed by atoms with van der Waals surface area (Å²) in [6, 6.07) is 5.51. The Morgan fingerprint density at radius 2 is 1.96 bits per heavy atom. The van der Waals surface area contributed by atoms with Crippen molar-refractivity contribution in [2.24, 2.45) is 0 Å². The van der Waals surface area contributed by atoms with Crippen molar-refractivity contribution in [1.29, 1.82) is 0 Å². The van der Waals surface area contributed by atoms with E-state index in [1.807, 2.05) is 24.0 Å². The molecular weight excluding hydrogens is 364 g/mol. The number of halogens is 1. The second-order valence-corrected chi connectivity index (χ2v) is 7.02. The molecule has 1 amide bonds. The lowest BCUT2D eigenvalue weighted by atomic mass is 10.2. The van der Waals surface area contributed by atoms with Crippen LogP contribution in [-0.2, 0) is 0 Å². The highest BCUT2D eigenvalue weighted by Gasteiger charge is 2.21. The van der Waals surface area contributed by atoms with Crippen LogP contribution >= 0.6 is 11.6 Å².